The molecule has 0 heterocycles. The molecule has 22 heavy (non-hydrogen) atoms. The van der Waals surface area contributed by atoms with E-state index in [1.165, 1.54) is 0 Å². The number of carbonyl (C=O) groups excluding carboxylic acids is 1. The lowest BCUT2D eigenvalue weighted by molar-refractivity contribution is 0.0690. The van der Waals surface area contributed by atoms with E-state index in [1.807, 2.05) is 0 Å². The van der Waals surface area contributed by atoms with Gasteiger partial charge in [-0.25, -0.2) is 4.79 Å². The topological polar surface area (TPSA) is 110 Å². The van der Waals surface area contributed by atoms with E-state index in [0.29, 0.717) is 10.8 Å². The Morgan fingerprint density at radius 3 is 2.55 bits per heavy atom. The number of carboxylic acid groups (broad SMARTS) is 1. The number of carboxylic acids is 1. The summed E-state index contributed by atoms with van der Waals surface area (Å²) in [7, 11) is 0. The van der Waals surface area contributed by atoms with Crippen molar-refractivity contribution in [3.05, 3.63) is 52.5 Å². The number of Topliss-reactive ketones (excluding diaryl/α,β-unsaturated/α-hetero) is 1. The molecular formula is C15H12ClNO5. The lowest BCUT2D eigenvalue weighted by Crippen LogP contribution is -2.18. The maximum atomic E-state index is 12.2. The molecule has 4 N–H and O–H groups in total. The SMILES string of the molecule is Nc1cc(O)cc(C(=O)O)c1C(=O)COc1ccccc1Cl. The van der Waals surface area contributed by atoms with Gasteiger partial charge in [-0.3, -0.25) is 4.79 Å². The van der Waals surface area contributed by atoms with Gasteiger partial charge in [-0.1, -0.05) is 23.7 Å². The maximum absolute atomic E-state index is 12.2. The number of aromatic hydroxyl groups is 1. The first-order valence-corrected chi connectivity index (χ1v) is 6.54. The fourth-order valence-corrected chi connectivity index (χ4v) is 2.10. The van der Waals surface area contributed by atoms with Crippen LogP contribution in [0.4, 0.5) is 5.69 Å². The second-order valence-electron chi connectivity index (χ2n) is 4.40. The number of nitrogen functional groups attached to an aromatic ring is 1. The number of hydrogen-bond acceptors (Lipinski definition) is 5. The lowest BCUT2D eigenvalue weighted by atomic mass is 10.0. The number of ether oxygens (including phenoxy) is 1. The summed E-state index contributed by atoms with van der Waals surface area (Å²) in [6, 6.07) is 8.63. The van der Waals surface area contributed by atoms with Crippen molar-refractivity contribution in [1.29, 1.82) is 0 Å². The van der Waals surface area contributed by atoms with Gasteiger partial charge >= 0.3 is 5.97 Å². The third-order valence-electron chi connectivity index (χ3n) is 2.86. The highest BCUT2D eigenvalue weighted by Crippen LogP contribution is 2.26. The number of hydrogen-bond donors (Lipinski definition) is 3. The van der Waals surface area contributed by atoms with Crippen LogP contribution < -0.4 is 10.5 Å². The highest BCUT2D eigenvalue weighted by Gasteiger charge is 2.21. The third kappa shape index (κ3) is 3.29. The molecule has 0 amide bonds. The Bertz CT molecular complexity index is 745. The standard InChI is InChI=1S/C15H12ClNO5/c16-10-3-1-2-4-13(10)22-7-12(19)14-9(15(20)21)5-8(18)6-11(14)17/h1-6,18H,7,17H2,(H,20,21). The summed E-state index contributed by atoms with van der Waals surface area (Å²) in [4.78, 5) is 23.4. The molecule has 0 unspecified atom stereocenters. The van der Waals surface area contributed by atoms with E-state index >= 15 is 0 Å². The number of rotatable bonds is 5. The van der Waals surface area contributed by atoms with Gasteiger partial charge in [0.25, 0.3) is 0 Å². The molecule has 2 rings (SSSR count). The van der Waals surface area contributed by atoms with Gasteiger partial charge in [-0.15, -0.1) is 0 Å². The van der Waals surface area contributed by atoms with E-state index in [4.69, 9.17) is 27.2 Å². The molecule has 0 aromatic heterocycles. The summed E-state index contributed by atoms with van der Waals surface area (Å²) in [6.45, 7) is -0.432. The van der Waals surface area contributed by atoms with Gasteiger partial charge in [0.2, 0.25) is 5.78 Å². The van der Waals surface area contributed by atoms with E-state index in [0.717, 1.165) is 12.1 Å². The van der Waals surface area contributed by atoms with Crippen molar-refractivity contribution < 1.29 is 24.5 Å². The fraction of sp³-hybridized carbons (Fsp3) is 0.0667. The summed E-state index contributed by atoms with van der Waals surface area (Å²) >= 11 is 5.90. The average molecular weight is 322 g/mol. The predicted octanol–water partition coefficient (Wildman–Crippen LogP) is 2.59. The van der Waals surface area contributed by atoms with E-state index < -0.39 is 18.4 Å². The van der Waals surface area contributed by atoms with Crippen molar-refractivity contribution in [3.63, 3.8) is 0 Å². The Balaban J connectivity index is 2.27. The smallest absolute Gasteiger partial charge is 0.336 e. The van der Waals surface area contributed by atoms with Gasteiger partial charge in [0.05, 0.1) is 16.1 Å². The molecule has 114 valence electrons. The zero-order chi connectivity index (χ0) is 16.3. The molecule has 0 saturated carbocycles. The predicted molar refractivity (Wildman–Crippen MR) is 80.8 cm³/mol. The monoisotopic (exact) mass is 321 g/mol. The van der Waals surface area contributed by atoms with E-state index in [-0.39, 0.29) is 22.6 Å². The minimum atomic E-state index is -1.37. The Hall–Kier alpha value is -2.73. The summed E-state index contributed by atoms with van der Waals surface area (Å²) in [5.74, 6) is -2.04. The van der Waals surface area contributed by atoms with Gasteiger partial charge in [0, 0.05) is 11.8 Å². The molecule has 7 heteroatoms. The number of phenolic OH excluding ortho intramolecular Hbond substituents is 1. The normalized spacial score (nSPS) is 10.2. The summed E-state index contributed by atoms with van der Waals surface area (Å²) < 4.78 is 5.28. The number of aromatic carboxylic acids is 1. The Kier molecular flexibility index (Phi) is 4.53. The van der Waals surface area contributed by atoms with Crippen LogP contribution >= 0.6 is 11.6 Å². The van der Waals surface area contributed by atoms with Crippen LogP contribution in [0.2, 0.25) is 5.02 Å². The second kappa shape index (κ2) is 6.36. The van der Waals surface area contributed by atoms with E-state index in [1.54, 1.807) is 24.3 Å². The second-order valence-corrected chi connectivity index (χ2v) is 4.81. The Labute approximate surface area is 130 Å². The number of ketones is 1. The number of carbonyl (C=O) groups is 2. The van der Waals surface area contributed by atoms with Crippen molar-refractivity contribution in [2.45, 2.75) is 0 Å². The molecule has 2 aromatic rings. The minimum absolute atomic E-state index is 0.134. The molecule has 6 nitrogen and oxygen atoms in total. The quantitative estimate of drug-likeness (QED) is 0.576. The number of halogens is 1. The Morgan fingerprint density at radius 1 is 1.23 bits per heavy atom. The number of nitrogens with two attached hydrogens (primary N) is 1. The Morgan fingerprint density at radius 2 is 1.91 bits per heavy atom. The highest BCUT2D eigenvalue weighted by molar-refractivity contribution is 6.32. The molecular weight excluding hydrogens is 310 g/mol. The van der Waals surface area contributed by atoms with E-state index in [2.05, 4.69) is 0 Å². The van der Waals surface area contributed by atoms with Crippen LogP contribution in [-0.4, -0.2) is 28.6 Å². The van der Waals surface area contributed by atoms with Gasteiger partial charge in [-0.2, -0.15) is 0 Å². The van der Waals surface area contributed by atoms with Gasteiger partial charge in [-0.05, 0) is 18.2 Å². The van der Waals surface area contributed by atoms with Crippen molar-refractivity contribution in [1.82, 2.24) is 0 Å². The first kappa shape index (κ1) is 15.7. The minimum Gasteiger partial charge on any atom is -0.508 e. The molecule has 2 aromatic carbocycles. The van der Waals surface area contributed by atoms with E-state index in [9.17, 15) is 14.7 Å². The average Bonchev–Trinajstić information content (AvgIpc) is 2.45. The maximum Gasteiger partial charge on any atom is 0.336 e. The summed E-state index contributed by atoms with van der Waals surface area (Å²) in [6.07, 6.45) is 0. The van der Waals surface area contributed by atoms with Gasteiger partial charge in [0.15, 0.2) is 6.61 Å². The molecule has 0 aliphatic heterocycles. The van der Waals surface area contributed by atoms with Crippen LogP contribution in [0.25, 0.3) is 0 Å². The molecule has 0 saturated heterocycles. The van der Waals surface area contributed by atoms with Crippen LogP contribution in [0.15, 0.2) is 36.4 Å². The number of phenols is 1. The zero-order valence-corrected chi connectivity index (χ0v) is 12.0. The van der Waals surface area contributed by atoms with Crippen LogP contribution in [0, 0.1) is 0 Å². The number of anilines is 1. The van der Waals surface area contributed by atoms with Gasteiger partial charge in [0.1, 0.15) is 11.5 Å². The zero-order valence-electron chi connectivity index (χ0n) is 11.2. The van der Waals surface area contributed by atoms with Crippen molar-refractivity contribution >= 4 is 29.0 Å². The highest BCUT2D eigenvalue weighted by atomic mass is 35.5. The third-order valence-corrected chi connectivity index (χ3v) is 3.17. The fourth-order valence-electron chi connectivity index (χ4n) is 1.91. The molecule has 0 aliphatic carbocycles. The molecule has 0 atom stereocenters. The number of benzene rings is 2. The van der Waals surface area contributed by atoms with Crippen molar-refractivity contribution in [3.8, 4) is 11.5 Å². The van der Waals surface area contributed by atoms with Gasteiger partial charge < -0.3 is 20.7 Å². The summed E-state index contributed by atoms with van der Waals surface area (Å²) in [5.41, 5.74) is 4.91. The molecule has 0 fully saturated rings. The largest absolute Gasteiger partial charge is 0.508 e. The van der Waals surface area contributed by atoms with Crippen LogP contribution in [0.5, 0.6) is 11.5 Å². The molecule has 0 spiro atoms. The first-order chi connectivity index (χ1) is 10.4. The summed E-state index contributed by atoms with van der Waals surface area (Å²) in [5, 5.41) is 18.8. The van der Waals surface area contributed by atoms with Crippen LogP contribution in [-0.2, 0) is 0 Å². The van der Waals surface area contributed by atoms with Crippen LogP contribution in [0.1, 0.15) is 20.7 Å². The molecule has 0 bridgehead atoms. The first-order valence-electron chi connectivity index (χ1n) is 6.16. The lowest BCUT2D eigenvalue weighted by Gasteiger charge is -2.11. The van der Waals surface area contributed by atoms with Crippen molar-refractivity contribution in [2.24, 2.45) is 0 Å². The number of para-hydroxylation sites is 1. The molecule has 0 radical (unpaired) electrons. The van der Waals surface area contributed by atoms with Crippen LogP contribution in [0.3, 0.4) is 0 Å². The van der Waals surface area contributed by atoms with Crippen molar-refractivity contribution in [2.75, 3.05) is 12.3 Å². The molecule has 0 aliphatic rings.